The van der Waals surface area contributed by atoms with Gasteiger partial charge in [0.15, 0.2) is 5.82 Å². The molecule has 1 saturated heterocycles. The van der Waals surface area contributed by atoms with Gasteiger partial charge in [0.05, 0.1) is 18.2 Å². The van der Waals surface area contributed by atoms with Gasteiger partial charge in [-0.05, 0) is 31.7 Å². The zero-order valence-electron chi connectivity index (χ0n) is 13.3. The third-order valence-electron chi connectivity index (χ3n) is 4.26. The van der Waals surface area contributed by atoms with Crippen LogP contribution in [0.15, 0.2) is 34.9 Å². The minimum absolute atomic E-state index is 0.113. The number of hydrogen-bond donors (Lipinski definition) is 2. The molecule has 3 atom stereocenters. The second kappa shape index (κ2) is 7.21. The summed E-state index contributed by atoms with van der Waals surface area (Å²) in [5, 5.41) is 24.1. The molecule has 2 aromatic rings. The highest BCUT2D eigenvalue weighted by Gasteiger charge is 2.36. The van der Waals surface area contributed by atoms with Gasteiger partial charge in [0.2, 0.25) is 5.89 Å². The first-order valence-electron chi connectivity index (χ1n) is 8.06. The first-order valence-corrected chi connectivity index (χ1v) is 8.06. The molecular weight excluding hydrogens is 294 g/mol. The Morgan fingerprint density at radius 1 is 1.35 bits per heavy atom. The number of aliphatic hydroxyl groups excluding tert-OH is 2. The fraction of sp³-hybridized carbons (Fsp3) is 0.529. The third kappa shape index (κ3) is 4.16. The summed E-state index contributed by atoms with van der Waals surface area (Å²) >= 11 is 0. The molecule has 0 saturated carbocycles. The van der Waals surface area contributed by atoms with Gasteiger partial charge in [-0.15, -0.1) is 0 Å². The highest BCUT2D eigenvalue weighted by Crippen LogP contribution is 2.31. The Balaban J connectivity index is 1.56. The van der Waals surface area contributed by atoms with Crippen LogP contribution in [-0.2, 0) is 6.42 Å². The van der Waals surface area contributed by atoms with Gasteiger partial charge in [0.1, 0.15) is 0 Å². The van der Waals surface area contributed by atoms with Crippen molar-refractivity contribution in [1.29, 1.82) is 0 Å². The number of β-amino-alcohol motifs (C(OH)–C–C–N with tert-alkyl or cyclic N) is 2. The molecule has 23 heavy (non-hydrogen) atoms. The van der Waals surface area contributed by atoms with Gasteiger partial charge in [0, 0.05) is 13.1 Å². The molecule has 1 fully saturated rings. The van der Waals surface area contributed by atoms with E-state index in [9.17, 15) is 10.2 Å². The van der Waals surface area contributed by atoms with Crippen LogP contribution in [0.4, 0.5) is 0 Å². The number of nitrogens with zero attached hydrogens (tertiary/aromatic N) is 3. The van der Waals surface area contributed by atoms with Crippen molar-refractivity contribution >= 4 is 0 Å². The molecular formula is C17H23N3O3. The molecule has 0 aliphatic carbocycles. The number of benzene rings is 1. The molecule has 1 aromatic heterocycles. The van der Waals surface area contributed by atoms with Crippen molar-refractivity contribution in [3.05, 3.63) is 47.6 Å². The molecule has 3 rings (SSSR count). The number of rotatable bonds is 6. The molecule has 6 heteroatoms. The van der Waals surface area contributed by atoms with Crippen LogP contribution in [0.5, 0.6) is 0 Å². The smallest absolute Gasteiger partial charge is 0.244 e. The highest BCUT2D eigenvalue weighted by atomic mass is 16.5. The van der Waals surface area contributed by atoms with E-state index < -0.39 is 12.2 Å². The zero-order valence-corrected chi connectivity index (χ0v) is 13.3. The van der Waals surface area contributed by atoms with Gasteiger partial charge in [-0.2, -0.15) is 4.98 Å². The summed E-state index contributed by atoms with van der Waals surface area (Å²) in [7, 11) is 0. The Labute approximate surface area is 135 Å². The fourth-order valence-corrected chi connectivity index (χ4v) is 3.13. The average Bonchev–Trinajstić information content (AvgIpc) is 3.12. The van der Waals surface area contributed by atoms with E-state index in [0.717, 1.165) is 6.42 Å². The van der Waals surface area contributed by atoms with E-state index in [-0.39, 0.29) is 6.04 Å². The summed E-state index contributed by atoms with van der Waals surface area (Å²) in [4.78, 5) is 6.30. The Bertz CT molecular complexity index is 617. The lowest BCUT2D eigenvalue weighted by atomic mass is 10.1. The molecule has 0 bridgehead atoms. The van der Waals surface area contributed by atoms with Gasteiger partial charge in [0.25, 0.3) is 0 Å². The molecule has 0 spiro atoms. The molecule has 2 N–H and O–H groups in total. The van der Waals surface area contributed by atoms with E-state index in [4.69, 9.17) is 4.52 Å². The number of aromatic nitrogens is 2. The van der Waals surface area contributed by atoms with Gasteiger partial charge in [-0.3, -0.25) is 4.90 Å². The van der Waals surface area contributed by atoms with Crippen LogP contribution in [0.1, 0.15) is 36.2 Å². The molecule has 0 radical (unpaired) electrons. The van der Waals surface area contributed by atoms with E-state index >= 15 is 0 Å². The van der Waals surface area contributed by atoms with E-state index in [2.05, 4.69) is 22.3 Å². The van der Waals surface area contributed by atoms with Crippen molar-refractivity contribution in [2.75, 3.05) is 13.1 Å². The van der Waals surface area contributed by atoms with Gasteiger partial charge in [-0.1, -0.05) is 35.5 Å². The van der Waals surface area contributed by atoms with Crippen LogP contribution in [-0.4, -0.2) is 50.6 Å². The second-order valence-electron chi connectivity index (χ2n) is 6.22. The maximum absolute atomic E-state index is 10.3. The third-order valence-corrected chi connectivity index (χ3v) is 4.26. The largest absolute Gasteiger partial charge is 0.392 e. The van der Waals surface area contributed by atoms with E-state index in [1.165, 1.54) is 5.56 Å². The molecule has 2 heterocycles. The molecule has 124 valence electrons. The molecule has 0 amide bonds. The molecule has 1 aromatic carbocycles. The zero-order chi connectivity index (χ0) is 16.2. The minimum Gasteiger partial charge on any atom is -0.392 e. The van der Waals surface area contributed by atoms with Crippen LogP contribution in [0.3, 0.4) is 0 Å². The molecule has 1 aliphatic heterocycles. The van der Waals surface area contributed by atoms with Crippen molar-refractivity contribution in [3.8, 4) is 0 Å². The van der Waals surface area contributed by atoms with Crippen molar-refractivity contribution in [2.45, 2.75) is 44.4 Å². The van der Waals surface area contributed by atoms with Crippen molar-refractivity contribution in [3.63, 3.8) is 0 Å². The minimum atomic E-state index is -0.452. The predicted molar refractivity (Wildman–Crippen MR) is 84.7 cm³/mol. The topological polar surface area (TPSA) is 82.6 Å². The average molecular weight is 317 g/mol. The van der Waals surface area contributed by atoms with Crippen molar-refractivity contribution in [2.24, 2.45) is 0 Å². The Morgan fingerprint density at radius 3 is 2.83 bits per heavy atom. The van der Waals surface area contributed by atoms with E-state index in [1.807, 2.05) is 23.1 Å². The van der Waals surface area contributed by atoms with Crippen LogP contribution in [0, 0.1) is 6.92 Å². The Hall–Kier alpha value is -1.76. The second-order valence-corrected chi connectivity index (χ2v) is 6.22. The number of aryl methyl sites for hydroxylation is 2. The van der Waals surface area contributed by atoms with Crippen LogP contribution in [0.25, 0.3) is 0 Å². The summed E-state index contributed by atoms with van der Waals surface area (Å²) in [5.41, 5.74) is 1.22. The lowest BCUT2D eigenvalue weighted by molar-refractivity contribution is 0.0859. The lowest BCUT2D eigenvalue weighted by Crippen LogP contribution is -2.33. The number of hydrogen-bond acceptors (Lipinski definition) is 6. The number of aliphatic hydroxyl groups is 2. The summed E-state index contributed by atoms with van der Waals surface area (Å²) in [5.74, 6) is 1.11. The van der Waals surface area contributed by atoms with Gasteiger partial charge >= 0.3 is 0 Å². The van der Waals surface area contributed by atoms with E-state index in [1.54, 1.807) is 6.92 Å². The van der Waals surface area contributed by atoms with Crippen LogP contribution < -0.4 is 0 Å². The van der Waals surface area contributed by atoms with Crippen molar-refractivity contribution in [1.82, 2.24) is 15.0 Å². The Kier molecular flexibility index (Phi) is 5.05. The van der Waals surface area contributed by atoms with Gasteiger partial charge < -0.3 is 14.7 Å². The predicted octanol–water partition coefficient (Wildman–Crippen LogP) is 1.48. The molecule has 0 unspecified atom stereocenters. The summed E-state index contributed by atoms with van der Waals surface area (Å²) in [6, 6.07) is 10.0. The normalized spacial score (nSPS) is 23.3. The first kappa shape index (κ1) is 16.1. The summed E-state index contributed by atoms with van der Waals surface area (Å²) in [6.07, 6.45) is 1.21. The fourth-order valence-electron chi connectivity index (χ4n) is 3.13. The number of likely N-dealkylation sites (tertiary alicyclic amines) is 1. The monoisotopic (exact) mass is 317 g/mol. The summed E-state index contributed by atoms with van der Waals surface area (Å²) in [6.45, 7) is 2.79. The first-order chi connectivity index (χ1) is 11.1. The standard InChI is InChI=1S/C17H23N3O3/c1-12-18-17(23-19-12)16-9-15(22)11-20(16)10-14(21)8-7-13-5-3-2-4-6-13/h2-6,14-16,21-22H,7-11H2,1H3/t14-,15-,16-/m1/s1. The lowest BCUT2D eigenvalue weighted by Gasteiger charge is -2.24. The summed E-state index contributed by atoms with van der Waals surface area (Å²) < 4.78 is 5.24. The van der Waals surface area contributed by atoms with Crippen molar-refractivity contribution < 1.29 is 14.7 Å². The van der Waals surface area contributed by atoms with E-state index in [0.29, 0.717) is 37.6 Å². The highest BCUT2D eigenvalue weighted by molar-refractivity contribution is 5.14. The van der Waals surface area contributed by atoms with Crippen LogP contribution in [0.2, 0.25) is 0 Å². The van der Waals surface area contributed by atoms with Gasteiger partial charge in [-0.25, -0.2) is 0 Å². The SMILES string of the molecule is Cc1noc([C@H]2C[C@@H](O)CN2C[C@H](O)CCc2ccccc2)n1. The quantitative estimate of drug-likeness (QED) is 0.840. The Morgan fingerprint density at radius 2 is 2.13 bits per heavy atom. The molecule has 6 nitrogen and oxygen atoms in total. The molecule has 1 aliphatic rings. The maximum Gasteiger partial charge on any atom is 0.244 e. The van der Waals surface area contributed by atoms with Crippen LogP contribution >= 0.6 is 0 Å². The maximum atomic E-state index is 10.3.